The van der Waals surface area contributed by atoms with Gasteiger partial charge in [-0.1, -0.05) is 0 Å². The summed E-state index contributed by atoms with van der Waals surface area (Å²) in [5.74, 6) is 0.752. The lowest BCUT2D eigenvalue weighted by molar-refractivity contribution is 0.0557. The summed E-state index contributed by atoms with van der Waals surface area (Å²) < 4.78 is 7.44. The van der Waals surface area contributed by atoms with E-state index >= 15 is 0 Å². The van der Waals surface area contributed by atoms with E-state index in [9.17, 15) is 0 Å². The molecule has 0 spiro atoms. The highest BCUT2D eigenvalue weighted by Gasteiger charge is 2.19. The van der Waals surface area contributed by atoms with Crippen LogP contribution < -0.4 is 5.32 Å². The molecule has 1 unspecified atom stereocenters. The van der Waals surface area contributed by atoms with E-state index in [-0.39, 0.29) is 0 Å². The highest BCUT2D eigenvalue weighted by Crippen LogP contribution is 2.18. The lowest BCUT2D eigenvalue weighted by Crippen LogP contribution is -2.36. The summed E-state index contributed by atoms with van der Waals surface area (Å²) in [7, 11) is 2.03. The van der Waals surface area contributed by atoms with Gasteiger partial charge in [0.1, 0.15) is 0 Å². The van der Waals surface area contributed by atoms with Crippen LogP contribution in [0.2, 0.25) is 0 Å². The number of hydrogen-bond donors (Lipinski definition) is 1. The third-order valence-corrected chi connectivity index (χ3v) is 3.49. The van der Waals surface area contributed by atoms with E-state index in [0.29, 0.717) is 6.04 Å². The van der Waals surface area contributed by atoms with Crippen molar-refractivity contribution in [2.45, 2.75) is 32.4 Å². The van der Waals surface area contributed by atoms with E-state index < -0.39 is 0 Å². The predicted molar refractivity (Wildman–Crippen MR) is 63.1 cm³/mol. The van der Waals surface area contributed by atoms with E-state index in [1.54, 1.807) is 0 Å². The molecular weight excluding hydrogens is 202 g/mol. The van der Waals surface area contributed by atoms with Crippen molar-refractivity contribution in [3.63, 3.8) is 0 Å². The molecule has 2 rings (SSSR count). The van der Waals surface area contributed by atoms with Crippen LogP contribution in [0.15, 0.2) is 12.5 Å². The normalized spacial score (nSPS) is 19.9. The Bertz CT molecular complexity index is 318. The Morgan fingerprint density at radius 3 is 2.94 bits per heavy atom. The SMILES string of the molecule is CC(NCc1cncn1C)C1CCOCC1. The molecule has 0 amide bonds. The summed E-state index contributed by atoms with van der Waals surface area (Å²) in [6, 6.07) is 0.554. The fourth-order valence-corrected chi connectivity index (χ4v) is 2.20. The van der Waals surface area contributed by atoms with Crippen molar-refractivity contribution < 1.29 is 4.74 Å². The van der Waals surface area contributed by atoms with Crippen molar-refractivity contribution >= 4 is 0 Å². The van der Waals surface area contributed by atoms with Crippen molar-refractivity contribution in [1.29, 1.82) is 0 Å². The first kappa shape index (κ1) is 11.6. The van der Waals surface area contributed by atoms with Gasteiger partial charge >= 0.3 is 0 Å². The van der Waals surface area contributed by atoms with Gasteiger partial charge < -0.3 is 14.6 Å². The molecule has 1 aliphatic rings. The van der Waals surface area contributed by atoms with Gasteiger partial charge in [0.2, 0.25) is 0 Å². The number of rotatable bonds is 4. The number of nitrogens with one attached hydrogen (secondary N) is 1. The monoisotopic (exact) mass is 223 g/mol. The van der Waals surface area contributed by atoms with Crippen molar-refractivity contribution in [3.05, 3.63) is 18.2 Å². The van der Waals surface area contributed by atoms with Crippen molar-refractivity contribution in [1.82, 2.24) is 14.9 Å². The quantitative estimate of drug-likeness (QED) is 0.837. The summed E-state index contributed by atoms with van der Waals surface area (Å²) in [4.78, 5) is 4.12. The van der Waals surface area contributed by atoms with Crippen LogP contribution in [0.4, 0.5) is 0 Å². The average Bonchev–Trinajstić information content (AvgIpc) is 2.73. The number of nitrogens with zero attached hydrogens (tertiary/aromatic N) is 2. The summed E-state index contributed by atoms with van der Waals surface area (Å²) in [5.41, 5.74) is 1.24. The van der Waals surface area contributed by atoms with Crippen LogP contribution in [0, 0.1) is 5.92 Å². The van der Waals surface area contributed by atoms with Gasteiger partial charge in [-0.2, -0.15) is 0 Å². The van der Waals surface area contributed by atoms with Gasteiger partial charge in [0.15, 0.2) is 0 Å². The zero-order chi connectivity index (χ0) is 11.4. The second-order valence-electron chi connectivity index (χ2n) is 4.62. The second kappa shape index (κ2) is 5.46. The van der Waals surface area contributed by atoms with E-state index in [1.165, 1.54) is 18.5 Å². The van der Waals surface area contributed by atoms with Crippen LogP contribution in [-0.2, 0) is 18.3 Å². The molecule has 1 N–H and O–H groups in total. The number of aromatic nitrogens is 2. The lowest BCUT2D eigenvalue weighted by atomic mass is 9.93. The molecule has 0 saturated carbocycles. The molecule has 1 fully saturated rings. The highest BCUT2D eigenvalue weighted by atomic mass is 16.5. The Balaban J connectivity index is 1.78. The molecule has 1 saturated heterocycles. The van der Waals surface area contributed by atoms with E-state index in [0.717, 1.165) is 25.7 Å². The molecule has 0 aromatic carbocycles. The van der Waals surface area contributed by atoms with Crippen LogP contribution in [0.25, 0.3) is 0 Å². The Morgan fingerprint density at radius 1 is 1.56 bits per heavy atom. The number of aryl methyl sites for hydroxylation is 1. The fourth-order valence-electron chi connectivity index (χ4n) is 2.20. The molecule has 1 aromatic rings. The minimum atomic E-state index is 0.554. The van der Waals surface area contributed by atoms with Crippen molar-refractivity contribution in [2.75, 3.05) is 13.2 Å². The average molecular weight is 223 g/mol. The standard InChI is InChI=1S/C12H21N3O/c1-10(11-3-5-16-6-4-11)14-8-12-7-13-9-15(12)2/h7,9-11,14H,3-6,8H2,1-2H3. The van der Waals surface area contributed by atoms with Gasteiger partial charge in [0, 0.05) is 39.0 Å². The summed E-state index contributed by atoms with van der Waals surface area (Å²) in [6.45, 7) is 5.01. The molecule has 4 heteroatoms. The molecule has 90 valence electrons. The molecule has 1 aromatic heterocycles. The molecular formula is C12H21N3O. The maximum absolute atomic E-state index is 5.38. The molecule has 0 bridgehead atoms. The molecule has 2 heterocycles. The smallest absolute Gasteiger partial charge is 0.0945 e. The highest BCUT2D eigenvalue weighted by molar-refractivity contribution is 4.97. The molecule has 1 aliphatic heterocycles. The maximum atomic E-state index is 5.38. The summed E-state index contributed by atoms with van der Waals surface area (Å²) >= 11 is 0. The van der Waals surface area contributed by atoms with Gasteiger partial charge in [-0.3, -0.25) is 0 Å². The third kappa shape index (κ3) is 2.83. The maximum Gasteiger partial charge on any atom is 0.0945 e. The Morgan fingerprint density at radius 2 is 2.31 bits per heavy atom. The largest absolute Gasteiger partial charge is 0.381 e. The van der Waals surface area contributed by atoms with Crippen LogP contribution in [0.1, 0.15) is 25.5 Å². The van der Waals surface area contributed by atoms with E-state index in [2.05, 4.69) is 21.8 Å². The first-order valence-electron chi connectivity index (χ1n) is 6.03. The number of hydrogen-bond acceptors (Lipinski definition) is 3. The van der Waals surface area contributed by atoms with E-state index in [4.69, 9.17) is 4.74 Å². The topological polar surface area (TPSA) is 39.1 Å². The lowest BCUT2D eigenvalue weighted by Gasteiger charge is -2.28. The van der Waals surface area contributed by atoms with Crippen LogP contribution >= 0.6 is 0 Å². The van der Waals surface area contributed by atoms with Crippen LogP contribution in [0.5, 0.6) is 0 Å². The molecule has 0 aliphatic carbocycles. The van der Waals surface area contributed by atoms with Gasteiger partial charge in [-0.15, -0.1) is 0 Å². The molecule has 1 atom stereocenters. The van der Waals surface area contributed by atoms with Gasteiger partial charge in [0.05, 0.1) is 12.0 Å². The predicted octanol–water partition coefficient (Wildman–Crippen LogP) is 1.32. The van der Waals surface area contributed by atoms with Gasteiger partial charge in [-0.25, -0.2) is 4.98 Å². The van der Waals surface area contributed by atoms with Crippen LogP contribution in [-0.4, -0.2) is 28.8 Å². The third-order valence-electron chi connectivity index (χ3n) is 3.49. The number of imidazole rings is 1. The zero-order valence-electron chi connectivity index (χ0n) is 10.1. The molecule has 0 radical (unpaired) electrons. The Kier molecular flexibility index (Phi) is 3.96. The molecule has 16 heavy (non-hydrogen) atoms. The summed E-state index contributed by atoms with van der Waals surface area (Å²) in [6.07, 6.45) is 6.12. The van der Waals surface area contributed by atoms with Gasteiger partial charge in [-0.05, 0) is 25.7 Å². The second-order valence-corrected chi connectivity index (χ2v) is 4.62. The first-order valence-corrected chi connectivity index (χ1v) is 6.03. The Hall–Kier alpha value is -0.870. The minimum absolute atomic E-state index is 0.554. The molecule has 4 nitrogen and oxygen atoms in total. The summed E-state index contributed by atoms with van der Waals surface area (Å²) in [5, 5.41) is 3.58. The Labute approximate surface area is 97.0 Å². The first-order chi connectivity index (χ1) is 7.77. The zero-order valence-corrected chi connectivity index (χ0v) is 10.1. The van der Waals surface area contributed by atoms with E-state index in [1.807, 2.05) is 19.6 Å². The minimum Gasteiger partial charge on any atom is -0.381 e. The van der Waals surface area contributed by atoms with Crippen LogP contribution in [0.3, 0.4) is 0 Å². The number of ether oxygens (including phenoxy) is 1. The van der Waals surface area contributed by atoms with Crippen molar-refractivity contribution in [3.8, 4) is 0 Å². The van der Waals surface area contributed by atoms with Crippen molar-refractivity contribution in [2.24, 2.45) is 13.0 Å². The van der Waals surface area contributed by atoms with Gasteiger partial charge in [0.25, 0.3) is 0 Å². The fraction of sp³-hybridized carbons (Fsp3) is 0.750.